The van der Waals surface area contributed by atoms with Crippen molar-refractivity contribution in [2.45, 2.75) is 39.2 Å². The minimum absolute atomic E-state index is 0.0670. The SMILES string of the molecule is C#CCN1CCCCC1C(=O)Nc1c(C)cccc1C. The van der Waals surface area contributed by atoms with Crippen molar-refractivity contribution < 1.29 is 4.79 Å². The Bertz CT molecular complexity index is 510. The van der Waals surface area contributed by atoms with E-state index < -0.39 is 0 Å². The molecule has 20 heavy (non-hydrogen) atoms. The first-order valence-corrected chi connectivity index (χ1v) is 7.18. The van der Waals surface area contributed by atoms with Crippen molar-refractivity contribution in [1.29, 1.82) is 0 Å². The van der Waals surface area contributed by atoms with Crippen molar-refractivity contribution >= 4 is 11.6 Å². The van der Waals surface area contributed by atoms with Crippen LogP contribution in [0.5, 0.6) is 0 Å². The zero-order chi connectivity index (χ0) is 14.5. The number of carbonyl (C=O) groups is 1. The van der Waals surface area contributed by atoms with E-state index in [0.29, 0.717) is 6.54 Å². The highest BCUT2D eigenvalue weighted by Crippen LogP contribution is 2.22. The molecule has 1 atom stereocenters. The Balaban J connectivity index is 2.12. The number of amides is 1. The topological polar surface area (TPSA) is 32.3 Å². The Hall–Kier alpha value is -1.79. The Morgan fingerprint density at radius 3 is 2.75 bits per heavy atom. The van der Waals surface area contributed by atoms with E-state index in [9.17, 15) is 4.79 Å². The summed E-state index contributed by atoms with van der Waals surface area (Å²) in [6.45, 7) is 5.49. The van der Waals surface area contributed by atoms with E-state index in [1.807, 2.05) is 32.0 Å². The van der Waals surface area contributed by atoms with Gasteiger partial charge in [-0.3, -0.25) is 9.69 Å². The molecule has 3 heteroatoms. The van der Waals surface area contributed by atoms with Crippen molar-refractivity contribution in [2.75, 3.05) is 18.4 Å². The van der Waals surface area contributed by atoms with Crippen molar-refractivity contribution in [1.82, 2.24) is 4.90 Å². The van der Waals surface area contributed by atoms with E-state index >= 15 is 0 Å². The van der Waals surface area contributed by atoms with E-state index in [-0.39, 0.29) is 11.9 Å². The molecule has 1 N–H and O–H groups in total. The first-order valence-electron chi connectivity index (χ1n) is 7.18. The third-order valence-electron chi connectivity index (χ3n) is 3.94. The Morgan fingerprint density at radius 1 is 1.40 bits per heavy atom. The lowest BCUT2D eigenvalue weighted by Gasteiger charge is -2.33. The zero-order valence-electron chi connectivity index (χ0n) is 12.3. The fourth-order valence-electron chi connectivity index (χ4n) is 2.81. The Kier molecular flexibility index (Phi) is 4.81. The van der Waals surface area contributed by atoms with E-state index in [2.05, 4.69) is 16.1 Å². The maximum atomic E-state index is 12.5. The molecule has 3 nitrogen and oxygen atoms in total. The number of piperidine rings is 1. The number of para-hydroxylation sites is 1. The average molecular weight is 270 g/mol. The second-order valence-electron chi connectivity index (χ2n) is 5.44. The number of benzene rings is 1. The number of nitrogens with zero attached hydrogens (tertiary/aromatic N) is 1. The molecule has 1 saturated heterocycles. The monoisotopic (exact) mass is 270 g/mol. The molecular formula is C17H22N2O. The van der Waals surface area contributed by atoms with Gasteiger partial charge in [0.2, 0.25) is 5.91 Å². The molecule has 0 bridgehead atoms. The van der Waals surface area contributed by atoms with E-state index in [1.54, 1.807) is 0 Å². The standard InChI is InChI=1S/C17H22N2O/c1-4-11-19-12-6-5-10-15(19)17(20)18-16-13(2)8-7-9-14(16)3/h1,7-9,15H,5-6,10-12H2,2-3H3,(H,18,20). The number of terminal acetylenes is 1. The zero-order valence-corrected chi connectivity index (χ0v) is 12.3. The summed E-state index contributed by atoms with van der Waals surface area (Å²) in [7, 11) is 0. The van der Waals surface area contributed by atoms with Crippen LogP contribution in [0.15, 0.2) is 18.2 Å². The van der Waals surface area contributed by atoms with Gasteiger partial charge >= 0.3 is 0 Å². The molecule has 2 rings (SSSR count). The smallest absolute Gasteiger partial charge is 0.241 e. The molecule has 1 heterocycles. The van der Waals surface area contributed by atoms with Crippen LogP contribution in [0, 0.1) is 26.2 Å². The third kappa shape index (κ3) is 3.20. The van der Waals surface area contributed by atoms with E-state index in [1.165, 1.54) is 0 Å². The molecule has 0 aliphatic carbocycles. The molecule has 0 radical (unpaired) electrons. The first kappa shape index (κ1) is 14.6. The lowest BCUT2D eigenvalue weighted by Crippen LogP contribution is -2.47. The summed E-state index contributed by atoms with van der Waals surface area (Å²) in [5.74, 6) is 2.72. The molecule has 0 aromatic heterocycles. The van der Waals surface area contributed by atoms with Crippen LogP contribution in [0.25, 0.3) is 0 Å². The van der Waals surface area contributed by atoms with Gasteiger partial charge in [-0.05, 0) is 44.4 Å². The molecule has 1 aliphatic rings. The second kappa shape index (κ2) is 6.58. The molecule has 1 amide bonds. The Morgan fingerprint density at radius 2 is 2.10 bits per heavy atom. The van der Waals surface area contributed by atoms with Crippen molar-refractivity contribution in [3.8, 4) is 12.3 Å². The molecule has 1 aromatic carbocycles. The van der Waals surface area contributed by atoms with Gasteiger partial charge in [0.25, 0.3) is 0 Å². The fraction of sp³-hybridized carbons (Fsp3) is 0.471. The number of anilines is 1. The van der Waals surface area contributed by atoms with Gasteiger partial charge in [-0.1, -0.05) is 30.5 Å². The summed E-state index contributed by atoms with van der Waals surface area (Å²) < 4.78 is 0. The van der Waals surface area contributed by atoms with Gasteiger partial charge in [0.15, 0.2) is 0 Å². The number of hydrogen-bond acceptors (Lipinski definition) is 2. The van der Waals surface area contributed by atoms with Crippen LogP contribution in [-0.4, -0.2) is 29.9 Å². The van der Waals surface area contributed by atoms with E-state index in [0.717, 1.165) is 42.6 Å². The molecule has 1 fully saturated rings. The predicted molar refractivity (Wildman–Crippen MR) is 82.6 cm³/mol. The number of nitrogens with one attached hydrogen (secondary N) is 1. The largest absolute Gasteiger partial charge is 0.324 e. The van der Waals surface area contributed by atoms with Gasteiger partial charge in [0.1, 0.15) is 0 Å². The quantitative estimate of drug-likeness (QED) is 0.857. The minimum Gasteiger partial charge on any atom is -0.324 e. The van der Waals surface area contributed by atoms with Gasteiger partial charge in [-0.2, -0.15) is 0 Å². The van der Waals surface area contributed by atoms with Gasteiger partial charge in [-0.25, -0.2) is 0 Å². The molecule has 1 aromatic rings. The molecule has 0 spiro atoms. The lowest BCUT2D eigenvalue weighted by molar-refractivity contribution is -0.122. The number of likely N-dealkylation sites (tertiary alicyclic amines) is 1. The van der Waals surface area contributed by atoms with Gasteiger partial charge < -0.3 is 5.32 Å². The van der Waals surface area contributed by atoms with Crippen molar-refractivity contribution in [3.05, 3.63) is 29.3 Å². The maximum Gasteiger partial charge on any atom is 0.241 e. The average Bonchev–Trinajstić information content (AvgIpc) is 2.44. The second-order valence-corrected chi connectivity index (χ2v) is 5.44. The number of carbonyl (C=O) groups excluding carboxylic acids is 1. The van der Waals surface area contributed by atoms with Crippen LogP contribution < -0.4 is 5.32 Å². The van der Waals surface area contributed by atoms with Crippen LogP contribution >= 0.6 is 0 Å². The van der Waals surface area contributed by atoms with Crippen LogP contribution in [0.1, 0.15) is 30.4 Å². The highest BCUT2D eigenvalue weighted by atomic mass is 16.2. The van der Waals surface area contributed by atoms with Gasteiger partial charge in [0, 0.05) is 5.69 Å². The summed E-state index contributed by atoms with van der Waals surface area (Å²) in [4.78, 5) is 14.6. The highest BCUT2D eigenvalue weighted by Gasteiger charge is 2.28. The van der Waals surface area contributed by atoms with Crippen LogP contribution in [-0.2, 0) is 4.79 Å². The maximum absolute atomic E-state index is 12.5. The number of aryl methyl sites for hydroxylation is 2. The van der Waals surface area contributed by atoms with E-state index in [4.69, 9.17) is 6.42 Å². The normalized spacial score (nSPS) is 19.4. The Labute approximate surface area is 121 Å². The molecule has 1 aliphatic heterocycles. The summed E-state index contributed by atoms with van der Waals surface area (Å²) in [5.41, 5.74) is 3.12. The van der Waals surface area contributed by atoms with Gasteiger partial charge in [0.05, 0.1) is 12.6 Å². The van der Waals surface area contributed by atoms with Crippen molar-refractivity contribution in [2.24, 2.45) is 0 Å². The fourth-order valence-corrected chi connectivity index (χ4v) is 2.81. The third-order valence-corrected chi connectivity index (χ3v) is 3.94. The molecular weight excluding hydrogens is 248 g/mol. The van der Waals surface area contributed by atoms with Crippen LogP contribution in [0.4, 0.5) is 5.69 Å². The molecule has 1 unspecified atom stereocenters. The highest BCUT2D eigenvalue weighted by molar-refractivity contribution is 5.96. The van der Waals surface area contributed by atoms with Crippen molar-refractivity contribution in [3.63, 3.8) is 0 Å². The predicted octanol–water partition coefficient (Wildman–Crippen LogP) is 2.73. The number of hydrogen-bond donors (Lipinski definition) is 1. The minimum atomic E-state index is -0.0983. The summed E-state index contributed by atoms with van der Waals surface area (Å²) in [5, 5.41) is 3.09. The van der Waals surface area contributed by atoms with Crippen LogP contribution in [0.2, 0.25) is 0 Å². The first-order chi connectivity index (χ1) is 9.63. The summed E-state index contributed by atoms with van der Waals surface area (Å²) in [6.07, 6.45) is 8.50. The van der Waals surface area contributed by atoms with Gasteiger partial charge in [-0.15, -0.1) is 6.42 Å². The lowest BCUT2D eigenvalue weighted by atomic mass is 10.0. The molecule has 0 saturated carbocycles. The summed E-state index contributed by atoms with van der Waals surface area (Å²) in [6, 6.07) is 5.94. The number of rotatable bonds is 3. The summed E-state index contributed by atoms with van der Waals surface area (Å²) >= 11 is 0. The van der Waals surface area contributed by atoms with Crippen LogP contribution in [0.3, 0.4) is 0 Å². The molecule has 106 valence electrons.